The van der Waals surface area contributed by atoms with Gasteiger partial charge in [0.15, 0.2) is 0 Å². The van der Waals surface area contributed by atoms with Crippen LogP contribution in [-0.4, -0.2) is 42.9 Å². The molecule has 2 atom stereocenters. The van der Waals surface area contributed by atoms with E-state index in [-0.39, 0.29) is 0 Å². The molecule has 1 aromatic carbocycles. The van der Waals surface area contributed by atoms with E-state index in [1.165, 1.54) is 0 Å². The van der Waals surface area contributed by atoms with Gasteiger partial charge in [-0.2, -0.15) is 0 Å². The lowest BCUT2D eigenvalue weighted by Crippen LogP contribution is -2.37. The van der Waals surface area contributed by atoms with E-state index in [0.29, 0.717) is 24.1 Å². The number of hydrogen-bond donors (Lipinski definition) is 1. The van der Waals surface area contributed by atoms with Gasteiger partial charge in [0.25, 0.3) is 0 Å². The zero-order valence-corrected chi connectivity index (χ0v) is 12.7. The highest BCUT2D eigenvalue weighted by atomic mass is 35.5. The van der Waals surface area contributed by atoms with Gasteiger partial charge in [0.05, 0.1) is 12.7 Å². The third-order valence-electron chi connectivity index (χ3n) is 3.39. The van der Waals surface area contributed by atoms with Gasteiger partial charge in [-0.3, -0.25) is 4.90 Å². The Hall–Kier alpha value is -0.610. The second-order valence-electron chi connectivity index (χ2n) is 4.76. The van der Waals surface area contributed by atoms with Crippen molar-refractivity contribution < 1.29 is 9.84 Å². The Bertz CT molecular complexity index is 373. The lowest BCUT2D eigenvalue weighted by Gasteiger charge is -2.28. The van der Waals surface area contributed by atoms with Gasteiger partial charge in [-0.25, -0.2) is 0 Å². The van der Waals surface area contributed by atoms with Crippen LogP contribution >= 0.6 is 11.6 Å². The molecule has 0 fully saturated rings. The predicted molar refractivity (Wildman–Crippen MR) is 79.6 cm³/mol. The van der Waals surface area contributed by atoms with Gasteiger partial charge < -0.3 is 9.84 Å². The van der Waals surface area contributed by atoms with Crippen LogP contribution in [0.5, 0.6) is 0 Å². The molecule has 0 aliphatic carbocycles. The van der Waals surface area contributed by atoms with Gasteiger partial charge in [0.2, 0.25) is 0 Å². The number of ether oxygens (including phenoxy) is 1. The molecule has 0 aromatic heterocycles. The second-order valence-corrected chi connectivity index (χ2v) is 5.17. The number of aliphatic hydroxyl groups excluding tert-OH is 1. The topological polar surface area (TPSA) is 32.7 Å². The SMILES string of the molecule is CCN(CCC(O)c1ccccc1Cl)C(C)COC. The van der Waals surface area contributed by atoms with E-state index in [1.54, 1.807) is 7.11 Å². The molecule has 0 aliphatic heterocycles. The number of benzene rings is 1. The molecule has 0 amide bonds. The molecule has 3 nitrogen and oxygen atoms in total. The first-order valence-electron chi connectivity index (χ1n) is 6.75. The van der Waals surface area contributed by atoms with Crippen LogP contribution in [0.4, 0.5) is 0 Å². The molecule has 0 radical (unpaired) electrons. The third kappa shape index (κ3) is 5.11. The van der Waals surface area contributed by atoms with Crippen molar-refractivity contribution in [2.45, 2.75) is 32.4 Å². The van der Waals surface area contributed by atoms with E-state index >= 15 is 0 Å². The number of aliphatic hydroxyl groups is 1. The summed E-state index contributed by atoms with van der Waals surface area (Å²) < 4.78 is 5.17. The monoisotopic (exact) mass is 285 g/mol. The number of halogens is 1. The van der Waals surface area contributed by atoms with Crippen LogP contribution < -0.4 is 0 Å². The van der Waals surface area contributed by atoms with Gasteiger partial charge in [0, 0.05) is 24.7 Å². The molecule has 4 heteroatoms. The minimum Gasteiger partial charge on any atom is -0.388 e. The summed E-state index contributed by atoms with van der Waals surface area (Å²) in [5, 5.41) is 10.8. The summed E-state index contributed by atoms with van der Waals surface area (Å²) in [5.74, 6) is 0. The van der Waals surface area contributed by atoms with Crippen LogP contribution in [-0.2, 0) is 4.74 Å². The van der Waals surface area contributed by atoms with Gasteiger partial charge in [-0.15, -0.1) is 0 Å². The minimum absolute atomic E-state index is 0.355. The van der Waals surface area contributed by atoms with Crippen LogP contribution in [0.3, 0.4) is 0 Å². The molecule has 0 saturated heterocycles. The van der Waals surface area contributed by atoms with Crippen LogP contribution in [0, 0.1) is 0 Å². The van der Waals surface area contributed by atoms with E-state index in [0.717, 1.165) is 18.7 Å². The van der Waals surface area contributed by atoms with Gasteiger partial charge in [-0.05, 0) is 31.5 Å². The molecule has 0 aliphatic rings. The maximum atomic E-state index is 10.2. The Morgan fingerprint density at radius 1 is 1.37 bits per heavy atom. The van der Waals surface area contributed by atoms with Crippen molar-refractivity contribution >= 4 is 11.6 Å². The van der Waals surface area contributed by atoms with Crippen LogP contribution in [0.1, 0.15) is 31.9 Å². The maximum Gasteiger partial charge on any atom is 0.0816 e. The highest BCUT2D eigenvalue weighted by Crippen LogP contribution is 2.25. The zero-order chi connectivity index (χ0) is 14.3. The molecule has 1 N–H and O–H groups in total. The summed E-state index contributed by atoms with van der Waals surface area (Å²) in [6.45, 7) is 6.73. The fourth-order valence-electron chi connectivity index (χ4n) is 2.23. The van der Waals surface area contributed by atoms with Crippen molar-refractivity contribution in [1.29, 1.82) is 0 Å². The number of methoxy groups -OCH3 is 1. The first kappa shape index (κ1) is 16.4. The fourth-order valence-corrected chi connectivity index (χ4v) is 2.49. The number of nitrogens with zero attached hydrogens (tertiary/aromatic N) is 1. The second kappa shape index (κ2) is 8.54. The number of hydrogen-bond acceptors (Lipinski definition) is 3. The summed E-state index contributed by atoms with van der Waals surface area (Å²) in [6, 6.07) is 7.81. The summed E-state index contributed by atoms with van der Waals surface area (Å²) in [4.78, 5) is 2.30. The quantitative estimate of drug-likeness (QED) is 0.797. The minimum atomic E-state index is -0.516. The highest BCUT2D eigenvalue weighted by Gasteiger charge is 2.16. The normalized spacial score (nSPS) is 14.6. The molecule has 0 bridgehead atoms. The molecule has 1 aromatic rings. The lowest BCUT2D eigenvalue weighted by atomic mass is 10.1. The molecular formula is C15H24ClNO2. The standard InChI is InChI=1S/C15H24ClNO2/c1-4-17(12(2)11-19-3)10-9-15(18)13-7-5-6-8-14(13)16/h5-8,12,15,18H,4,9-11H2,1-3H3. The molecule has 108 valence electrons. The first-order chi connectivity index (χ1) is 9.10. The fraction of sp³-hybridized carbons (Fsp3) is 0.600. The third-order valence-corrected chi connectivity index (χ3v) is 3.74. The smallest absolute Gasteiger partial charge is 0.0816 e. The van der Waals surface area contributed by atoms with Crippen LogP contribution in [0.25, 0.3) is 0 Å². The Balaban J connectivity index is 2.53. The molecule has 19 heavy (non-hydrogen) atoms. The number of likely N-dealkylation sites (N-methyl/N-ethyl adjacent to an activating group) is 1. The van der Waals surface area contributed by atoms with Crippen molar-refractivity contribution in [3.05, 3.63) is 34.9 Å². The summed E-state index contributed by atoms with van der Waals surface area (Å²) in [5.41, 5.74) is 0.805. The molecule has 0 heterocycles. The van der Waals surface area contributed by atoms with E-state index in [9.17, 15) is 5.11 Å². The average Bonchev–Trinajstić information content (AvgIpc) is 2.40. The Morgan fingerprint density at radius 3 is 2.63 bits per heavy atom. The summed E-state index contributed by atoms with van der Waals surface area (Å²) >= 11 is 6.09. The van der Waals surface area contributed by atoms with Crippen LogP contribution in [0.15, 0.2) is 24.3 Å². The van der Waals surface area contributed by atoms with Crippen molar-refractivity contribution in [3.8, 4) is 0 Å². The molecule has 0 saturated carbocycles. The summed E-state index contributed by atoms with van der Waals surface area (Å²) in [6.07, 6.45) is 0.156. The van der Waals surface area contributed by atoms with Gasteiger partial charge >= 0.3 is 0 Å². The average molecular weight is 286 g/mol. The van der Waals surface area contributed by atoms with Gasteiger partial charge in [-0.1, -0.05) is 36.7 Å². The van der Waals surface area contributed by atoms with Crippen molar-refractivity contribution in [2.24, 2.45) is 0 Å². The Kier molecular flexibility index (Phi) is 7.39. The van der Waals surface area contributed by atoms with Crippen LogP contribution in [0.2, 0.25) is 5.02 Å². The summed E-state index contributed by atoms with van der Waals surface area (Å²) in [7, 11) is 1.71. The first-order valence-corrected chi connectivity index (χ1v) is 7.13. The molecule has 1 rings (SSSR count). The van der Waals surface area contributed by atoms with E-state index in [2.05, 4.69) is 18.7 Å². The molecule has 0 spiro atoms. The van der Waals surface area contributed by atoms with E-state index < -0.39 is 6.10 Å². The van der Waals surface area contributed by atoms with Crippen molar-refractivity contribution in [2.75, 3.05) is 26.8 Å². The van der Waals surface area contributed by atoms with E-state index in [4.69, 9.17) is 16.3 Å². The van der Waals surface area contributed by atoms with E-state index in [1.807, 2.05) is 24.3 Å². The zero-order valence-electron chi connectivity index (χ0n) is 12.0. The molecule has 2 unspecified atom stereocenters. The Labute approximate surface area is 121 Å². The highest BCUT2D eigenvalue weighted by molar-refractivity contribution is 6.31. The van der Waals surface area contributed by atoms with Crippen molar-refractivity contribution in [1.82, 2.24) is 4.90 Å². The number of rotatable bonds is 8. The Morgan fingerprint density at radius 2 is 2.05 bits per heavy atom. The van der Waals surface area contributed by atoms with Crippen molar-refractivity contribution in [3.63, 3.8) is 0 Å². The molecular weight excluding hydrogens is 262 g/mol. The largest absolute Gasteiger partial charge is 0.388 e. The van der Waals surface area contributed by atoms with Gasteiger partial charge in [0.1, 0.15) is 0 Å². The maximum absolute atomic E-state index is 10.2. The lowest BCUT2D eigenvalue weighted by molar-refractivity contribution is 0.0841. The predicted octanol–water partition coefficient (Wildman–Crippen LogP) is 3.12.